The second-order valence-corrected chi connectivity index (χ2v) is 9.44. The van der Waals surface area contributed by atoms with Crippen LogP contribution in [-0.2, 0) is 16.6 Å². The Balaban J connectivity index is 1.49. The molecule has 3 aromatic rings. The highest BCUT2D eigenvalue weighted by atomic mass is 32.2. The average Bonchev–Trinajstić information content (AvgIpc) is 3.35. The first-order chi connectivity index (χ1) is 15.4. The highest BCUT2D eigenvalue weighted by Crippen LogP contribution is 2.25. The van der Waals surface area contributed by atoms with E-state index in [1.54, 1.807) is 48.5 Å². The first-order valence-corrected chi connectivity index (χ1v) is 11.8. The van der Waals surface area contributed by atoms with E-state index in [2.05, 4.69) is 5.32 Å². The number of hydrogen-bond donors (Lipinski definition) is 1. The fourth-order valence-corrected chi connectivity index (χ4v) is 5.10. The lowest BCUT2D eigenvalue weighted by Crippen LogP contribution is -2.27. The molecule has 0 spiro atoms. The van der Waals surface area contributed by atoms with Crippen LogP contribution in [0.15, 0.2) is 77.7 Å². The molecule has 3 aromatic carbocycles. The molecule has 4 rings (SSSR count). The standard InChI is InChI=1S/C24H23FN2O4S/c25-19-12-10-18(11-13-19)17-31-23-9-2-1-8-22(23)24(28)26-20-6-5-7-21(16-20)32(29,30)27-14-3-4-15-27/h1-2,5-13,16H,3-4,14-15,17H2,(H,26,28). The van der Waals surface area contributed by atoms with Crippen LogP contribution >= 0.6 is 0 Å². The number of anilines is 1. The largest absolute Gasteiger partial charge is 0.488 e. The van der Waals surface area contributed by atoms with Crippen molar-refractivity contribution in [1.82, 2.24) is 4.31 Å². The van der Waals surface area contributed by atoms with Gasteiger partial charge in [-0.25, -0.2) is 12.8 Å². The Morgan fingerprint density at radius 3 is 2.44 bits per heavy atom. The predicted molar refractivity (Wildman–Crippen MR) is 120 cm³/mol. The molecule has 1 fully saturated rings. The van der Waals surface area contributed by atoms with Crippen LogP contribution < -0.4 is 10.1 Å². The van der Waals surface area contributed by atoms with Gasteiger partial charge in [-0.05, 0) is 60.9 Å². The molecule has 1 saturated heterocycles. The number of halogens is 1. The Hall–Kier alpha value is -3.23. The van der Waals surface area contributed by atoms with Gasteiger partial charge in [-0.15, -0.1) is 0 Å². The van der Waals surface area contributed by atoms with E-state index >= 15 is 0 Å². The third kappa shape index (κ3) is 4.98. The van der Waals surface area contributed by atoms with Gasteiger partial charge in [-0.2, -0.15) is 4.31 Å². The Kier molecular flexibility index (Phi) is 6.53. The normalized spacial score (nSPS) is 14.3. The lowest BCUT2D eigenvalue weighted by molar-refractivity contribution is 0.102. The summed E-state index contributed by atoms with van der Waals surface area (Å²) >= 11 is 0. The summed E-state index contributed by atoms with van der Waals surface area (Å²) in [4.78, 5) is 13.1. The van der Waals surface area contributed by atoms with E-state index in [1.807, 2.05) is 0 Å². The van der Waals surface area contributed by atoms with Gasteiger partial charge in [0.2, 0.25) is 10.0 Å². The summed E-state index contributed by atoms with van der Waals surface area (Å²) in [5.74, 6) is -0.381. The maximum absolute atomic E-state index is 13.1. The summed E-state index contributed by atoms with van der Waals surface area (Å²) in [7, 11) is -3.58. The van der Waals surface area contributed by atoms with E-state index in [0.717, 1.165) is 18.4 Å². The molecule has 1 aliphatic rings. The third-order valence-corrected chi connectivity index (χ3v) is 7.13. The zero-order valence-corrected chi connectivity index (χ0v) is 18.1. The molecule has 8 heteroatoms. The first-order valence-electron chi connectivity index (χ1n) is 10.3. The van der Waals surface area contributed by atoms with E-state index < -0.39 is 15.9 Å². The Morgan fingerprint density at radius 1 is 0.969 bits per heavy atom. The van der Waals surface area contributed by atoms with Crippen LogP contribution in [0.2, 0.25) is 0 Å². The van der Waals surface area contributed by atoms with Crippen molar-refractivity contribution in [3.8, 4) is 5.75 Å². The number of para-hydroxylation sites is 1. The van der Waals surface area contributed by atoms with Crippen LogP contribution in [-0.4, -0.2) is 31.7 Å². The topological polar surface area (TPSA) is 75.7 Å². The number of hydrogen-bond acceptors (Lipinski definition) is 4. The van der Waals surface area contributed by atoms with E-state index in [1.165, 1.54) is 28.6 Å². The molecule has 1 aliphatic heterocycles. The molecule has 1 heterocycles. The van der Waals surface area contributed by atoms with Crippen LogP contribution in [0.1, 0.15) is 28.8 Å². The van der Waals surface area contributed by atoms with Crippen LogP contribution in [0.4, 0.5) is 10.1 Å². The second kappa shape index (κ2) is 9.50. The molecule has 32 heavy (non-hydrogen) atoms. The van der Waals surface area contributed by atoms with E-state index in [9.17, 15) is 17.6 Å². The zero-order valence-electron chi connectivity index (χ0n) is 17.3. The molecule has 1 N–H and O–H groups in total. The Labute approximate surface area is 186 Å². The van der Waals surface area contributed by atoms with Crippen molar-refractivity contribution in [3.63, 3.8) is 0 Å². The number of ether oxygens (including phenoxy) is 1. The molecule has 166 valence electrons. The van der Waals surface area contributed by atoms with Gasteiger partial charge in [0, 0.05) is 18.8 Å². The lowest BCUT2D eigenvalue weighted by atomic mass is 10.1. The van der Waals surface area contributed by atoms with Gasteiger partial charge in [-0.1, -0.05) is 30.3 Å². The predicted octanol–water partition coefficient (Wildman–Crippen LogP) is 4.44. The quantitative estimate of drug-likeness (QED) is 0.573. The van der Waals surface area contributed by atoms with Gasteiger partial charge in [0.25, 0.3) is 5.91 Å². The highest BCUT2D eigenvalue weighted by Gasteiger charge is 2.27. The van der Waals surface area contributed by atoms with Gasteiger partial charge in [0.15, 0.2) is 0 Å². The van der Waals surface area contributed by atoms with Gasteiger partial charge in [-0.3, -0.25) is 4.79 Å². The Bertz CT molecular complexity index is 1210. The van der Waals surface area contributed by atoms with Gasteiger partial charge in [0.05, 0.1) is 10.5 Å². The van der Waals surface area contributed by atoms with E-state index in [0.29, 0.717) is 30.1 Å². The van der Waals surface area contributed by atoms with Crippen LogP contribution in [0.5, 0.6) is 5.75 Å². The summed E-state index contributed by atoms with van der Waals surface area (Å²) in [6.45, 7) is 1.20. The summed E-state index contributed by atoms with van der Waals surface area (Å²) in [5.41, 5.74) is 1.45. The van der Waals surface area contributed by atoms with Crippen LogP contribution in [0.25, 0.3) is 0 Å². The summed E-state index contributed by atoms with van der Waals surface area (Å²) in [6.07, 6.45) is 1.70. The maximum atomic E-state index is 13.1. The van der Waals surface area contributed by atoms with Crippen molar-refractivity contribution in [3.05, 3.63) is 89.7 Å². The van der Waals surface area contributed by atoms with Crippen molar-refractivity contribution in [1.29, 1.82) is 0 Å². The van der Waals surface area contributed by atoms with E-state index in [-0.39, 0.29) is 17.3 Å². The lowest BCUT2D eigenvalue weighted by Gasteiger charge is -2.16. The third-order valence-electron chi connectivity index (χ3n) is 5.23. The molecule has 0 aromatic heterocycles. The second-order valence-electron chi connectivity index (χ2n) is 7.50. The number of sulfonamides is 1. The molecular formula is C24H23FN2O4S. The fraction of sp³-hybridized carbons (Fsp3) is 0.208. The maximum Gasteiger partial charge on any atom is 0.259 e. The SMILES string of the molecule is O=C(Nc1cccc(S(=O)(=O)N2CCCC2)c1)c1ccccc1OCc1ccc(F)cc1. The minimum Gasteiger partial charge on any atom is -0.488 e. The molecule has 0 bridgehead atoms. The van der Waals surface area contributed by atoms with Gasteiger partial charge >= 0.3 is 0 Å². The van der Waals surface area contributed by atoms with Crippen LogP contribution in [0, 0.1) is 5.82 Å². The molecule has 6 nitrogen and oxygen atoms in total. The molecule has 0 atom stereocenters. The van der Waals surface area contributed by atoms with Gasteiger partial charge < -0.3 is 10.1 Å². The van der Waals surface area contributed by atoms with Crippen molar-refractivity contribution in [2.45, 2.75) is 24.3 Å². The number of rotatable bonds is 7. The highest BCUT2D eigenvalue weighted by molar-refractivity contribution is 7.89. The summed E-state index contributed by atoms with van der Waals surface area (Å²) in [6, 6.07) is 18.9. The van der Waals surface area contributed by atoms with E-state index in [4.69, 9.17) is 4.74 Å². The minimum absolute atomic E-state index is 0.151. The summed E-state index contributed by atoms with van der Waals surface area (Å²) in [5, 5.41) is 2.76. The van der Waals surface area contributed by atoms with Crippen molar-refractivity contribution < 1.29 is 22.3 Å². The fourth-order valence-electron chi connectivity index (χ4n) is 3.53. The molecule has 0 aliphatic carbocycles. The van der Waals surface area contributed by atoms with Crippen molar-refractivity contribution in [2.24, 2.45) is 0 Å². The van der Waals surface area contributed by atoms with Crippen molar-refractivity contribution >= 4 is 21.6 Å². The summed E-state index contributed by atoms with van der Waals surface area (Å²) < 4.78 is 45.9. The smallest absolute Gasteiger partial charge is 0.259 e. The number of amides is 1. The average molecular weight is 455 g/mol. The minimum atomic E-state index is -3.58. The van der Waals surface area contributed by atoms with Crippen molar-refractivity contribution in [2.75, 3.05) is 18.4 Å². The first kappa shape index (κ1) is 22.0. The number of nitrogens with one attached hydrogen (secondary N) is 1. The molecule has 0 radical (unpaired) electrons. The molecule has 0 saturated carbocycles. The zero-order chi connectivity index (χ0) is 22.6. The van der Waals surface area contributed by atoms with Gasteiger partial charge in [0.1, 0.15) is 18.2 Å². The number of benzene rings is 3. The number of carbonyl (C=O) groups excluding carboxylic acids is 1. The molecule has 0 unspecified atom stereocenters. The monoisotopic (exact) mass is 454 g/mol. The molecule has 1 amide bonds. The van der Waals surface area contributed by atoms with Crippen LogP contribution in [0.3, 0.4) is 0 Å². The molecular weight excluding hydrogens is 431 g/mol. The Morgan fingerprint density at radius 2 is 1.69 bits per heavy atom. The number of carbonyl (C=O) groups is 1. The number of nitrogens with zero attached hydrogens (tertiary/aromatic N) is 1.